The van der Waals surface area contributed by atoms with Crippen LogP contribution in [0.5, 0.6) is 0 Å². The van der Waals surface area contributed by atoms with Crippen molar-refractivity contribution in [3.63, 3.8) is 0 Å². The first-order chi connectivity index (χ1) is 14.0. The standard InChI is InChI=1S/C21H29N7O/c1-13-10-27(11-16-8-14(2)25-26(16)3)12-18(13)19-23-20-17(21(29)24-19)9-22-28(20)15-6-4-5-7-15/h8-9,13,15,18H,4-7,10-12H2,1-3H3,(H,23,24,29)/t13-,18-/m1/s1. The summed E-state index contributed by atoms with van der Waals surface area (Å²) in [6.45, 7) is 7.01. The van der Waals surface area contributed by atoms with Crippen molar-refractivity contribution in [1.29, 1.82) is 0 Å². The van der Waals surface area contributed by atoms with Crippen molar-refractivity contribution in [3.05, 3.63) is 39.8 Å². The fourth-order valence-corrected chi connectivity index (χ4v) is 5.14. The van der Waals surface area contributed by atoms with Crippen molar-refractivity contribution in [2.24, 2.45) is 13.0 Å². The van der Waals surface area contributed by atoms with Crippen LogP contribution in [0.15, 0.2) is 17.1 Å². The van der Waals surface area contributed by atoms with Gasteiger partial charge in [-0.15, -0.1) is 0 Å². The number of fused-ring (bicyclic) bond motifs is 1. The molecule has 1 saturated heterocycles. The van der Waals surface area contributed by atoms with Gasteiger partial charge in [0.1, 0.15) is 11.2 Å². The van der Waals surface area contributed by atoms with Crippen molar-refractivity contribution in [2.45, 2.75) is 58.0 Å². The smallest absolute Gasteiger partial charge is 0.262 e. The molecular formula is C21H29N7O. The molecule has 29 heavy (non-hydrogen) atoms. The summed E-state index contributed by atoms with van der Waals surface area (Å²) in [7, 11) is 2.00. The second-order valence-corrected chi connectivity index (χ2v) is 8.89. The topological polar surface area (TPSA) is 84.6 Å². The number of aromatic nitrogens is 6. The quantitative estimate of drug-likeness (QED) is 0.734. The fourth-order valence-electron chi connectivity index (χ4n) is 5.14. The number of rotatable bonds is 4. The maximum absolute atomic E-state index is 12.7. The molecule has 1 N–H and O–H groups in total. The third-order valence-corrected chi connectivity index (χ3v) is 6.68. The van der Waals surface area contributed by atoms with E-state index < -0.39 is 0 Å². The highest BCUT2D eigenvalue weighted by Crippen LogP contribution is 2.33. The molecule has 2 atom stereocenters. The molecule has 2 fully saturated rings. The molecule has 0 spiro atoms. The number of aromatic amines is 1. The average Bonchev–Trinajstić information content (AvgIpc) is 3.43. The van der Waals surface area contributed by atoms with E-state index in [0.29, 0.717) is 17.3 Å². The third kappa shape index (κ3) is 3.29. The van der Waals surface area contributed by atoms with Crippen molar-refractivity contribution >= 4 is 11.0 Å². The van der Waals surface area contributed by atoms with E-state index in [4.69, 9.17) is 4.98 Å². The number of hydrogen-bond donors (Lipinski definition) is 1. The van der Waals surface area contributed by atoms with Gasteiger partial charge in [-0.1, -0.05) is 19.8 Å². The van der Waals surface area contributed by atoms with Crippen LogP contribution in [0.1, 0.15) is 61.8 Å². The van der Waals surface area contributed by atoms with Gasteiger partial charge < -0.3 is 4.98 Å². The molecule has 0 aromatic carbocycles. The Morgan fingerprint density at radius 3 is 2.76 bits per heavy atom. The van der Waals surface area contributed by atoms with Crippen LogP contribution in [0.2, 0.25) is 0 Å². The molecule has 0 unspecified atom stereocenters. The lowest BCUT2D eigenvalue weighted by molar-refractivity contribution is 0.309. The number of H-pyrrole nitrogens is 1. The first kappa shape index (κ1) is 18.5. The predicted octanol–water partition coefficient (Wildman–Crippen LogP) is 2.51. The van der Waals surface area contributed by atoms with Crippen molar-refractivity contribution < 1.29 is 0 Å². The van der Waals surface area contributed by atoms with Crippen molar-refractivity contribution in [3.8, 4) is 0 Å². The summed E-state index contributed by atoms with van der Waals surface area (Å²) >= 11 is 0. The lowest BCUT2D eigenvalue weighted by Gasteiger charge is -2.16. The molecule has 1 saturated carbocycles. The molecule has 2 aliphatic rings. The van der Waals surface area contributed by atoms with Gasteiger partial charge in [-0.2, -0.15) is 10.2 Å². The largest absolute Gasteiger partial charge is 0.310 e. The van der Waals surface area contributed by atoms with E-state index in [0.717, 1.165) is 49.6 Å². The maximum Gasteiger partial charge on any atom is 0.262 e. The third-order valence-electron chi connectivity index (χ3n) is 6.68. The monoisotopic (exact) mass is 395 g/mol. The van der Waals surface area contributed by atoms with Crippen LogP contribution in [0.25, 0.3) is 11.0 Å². The van der Waals surface area contributed by atoms with E-state index >= 15 is 0 Å². The fraction of sp³-hybridized carbons (Fsp3) is 0.619. The Morgan fingerprint density at radius 2 is 2.03 bits per heavy atom. The molecule has 3 aromatic heterocycles. The van der Waals surface area contributed by atoms with Crippen LogP contribution in [-0.2, 0) is 13.6 Å². The summed E-state index contributed by atoms with van der Waals surface area (Å²) in [5.41, 5.74) is 2.94. The second-order valence-electron chi connectivity index (χ2n) is 8.89. The second kappa shape index (κ2) is 7.09. The highest BCUT2D eigenvalue weighted by atomic mass is 16.1. The predicted molar refractivity (Wildman–Crippen MR) is 111 cm³/mol. The molecule has 0 amide bonds. The van der Waals surface area contributed by atoms with Gasteiger partial charge in [0.15, 0.2) is 5.65 Å². The molecule has 1 aliphatic carbocycles. The van der Waals surface area contributed by atoms with Gasteiger partial charge in [0.2, 0.25) is 0 Å². The van der Waals surface area contributed by atoms with Gasteiger partial charge >= 0.3 is 0 Å². The molecule has 4 heterocycles. The SMILES string of the molecule is Cc1cc(CN2C[C@@H](C)[C@H](c3nc4c(cnn4C4CCCC4)c(=O)[nH]3)C2)n(C)n1. The number of likely N-dealkylation sites (tertiary alicyclic amines) is 1. The van der Waals surface area contributed by atoms with E-state index in [2.05, 4.69) is 33.1 Å². The van der Waals surface area contributed by atoms with E-state index in [9.17, 15) is 4.79 Å². The van der Waals surface area contributed by atoms with Crippen LogP contribution < -0.4 is 5.56 Å². The molecule has 8 heteroatoms. The Hall–Kier alpha value is -2.48. The Balaban J connectivity index is 1.43. The average molecular weight is 396 g/mol. The Bertz CT molecular complexity index is 1090. The number of nitrogens with one attached hydrogen (secondary N) is 1. The zero-order valence-corrected chi connectivity index (χ0v) is 17.4. The minimum Gasteiger partial charge on any atom is -0.310 e. The van der Waals surface area contributed by atoms with Gasteiger partial charge in [0, 0.05) is 32.6 Å². The van der Waals surface area contributed by atoms with E-state index in [1.807, 2.05) is 23.3 Å². The Morgan fingerprint density at radius 1 is 1.24 bits per heavy atom. The minimum absolute atomic E-state index is 0.0674. The number of aryl methyl sites for hydroxylation is 2. The Labute approximate surface area is 169 Å². The number of hydrogen-bond acceptors (Lipinski definition) is 5. The van der Waals surface area contributed by atoms with Crippen molar-refractivity contribution in [1.82, 2.24) is 34.4 Å². The van der Waals surface area contributed by atoms with Gasteiger partial charge in [0.05, 0.1) is 23.6 Å². The van der Waals surface area contributed by atoms with Crippen LogP contribution in [0.3, 0.4) is 0 Å². The molecule has 0 radical (unpaired) electrons. The van der Waals surface area contributed by atoms with Crippen molar-refractivity contribution in [2.75, 3.05) is 13.1 Å². The van der Waals surface area contributed by atoms with Crippen LogP contribution >= 0.6 is 0 Å². The van der Waals surface area contributed by atoms with Gasteiger partial charge in [-0.05, 0) is 31.7 Å². The molecular weight excluding hydrogens is 366 g/mol. The van der Waals surface area contributed by atoms with Crippen LogP contribution in [-0.4, -0.2) is 47.5 Å². The molecule has 3 aromatic rings. The van der Waals surface area contributed by atoms with Crippen LogP contribution in [0, 0.1) is 12.8 Å². The molecule has 5 rings (SSSR count). The minimum atomic E-state index is -0.0674. The lowest BCUT2D eigenvalue weighted by atomic mass is 9.97. The summed E-state index contributed by atoms with van der Waals surface area (Å²) in [4.78, 5) is 23.2. The normalized spacial score (nSPS) is 23.6. The highest BCUT2D eigenvalue weighted by molar-refractivity contribution is 5.73. The summed E-state index contributed by atoms with van der Waals surface area (Å²) in [5.74, 6) is 1.44. The molecule has 1 aliphatic heterocycles. The van der Waals surface area contributed by atoms with Gasteiger partial charge in [-0.3, -0.25) is 14.4 Å². The lowest BCUT2D eigenvalue weighted by Crippen LogP contribution is -2.22. The maximum atomic E-state index is 12.7. The summed E-state index contributed by atoms with van der Waals surface area (Å²) in [6, 6.07) is 2.52. The zero-order valence-electron chi connectivity index (χ0n) is 17.4. The number of nitrogens with zero attached hydrogens (tertiary/aromatic N) is 6. The van der Waals surface area contributed by atoms with E-state index in [-0.39, 0.29) is 11.5 Å². The van der Waals surface area contributed by atoms with Crippen LogP contribution in [0.4, 0.5) is 0 Å². The van der Waals surface area contributed by atoms with Gasteiger partial charge in [-0.25, -0.2) is 9.67 Å². The molecule has 8 nitrogen and oxygen atoms in total. The molecule has 154 valence electrons. The Kier molecular flexibility index (Phi) is 4.53. The van der Waals surface area contributed by atoms with E-state index in [1.54, 1.807) is 6.20 Å². The summed E-state index contributed by atoms with van der Waals surface area (Å²) < 4.78 is 3.95. The summed E-state index contributed by atoms with van der Waals surface area (Å²) in [5, 5.41) is 9.58. The highest BCUT2D eigenvalue weighted by Gasteiger charge is 2.33. The van der Waals surface area contributed by atoms with Gasteiger partial charge in [0.25, 0.3) is 5.56 Å². The zero-order chi connectivity index (χ0) is 20.1. The van der Waals surface area contributed by atoms with E-state index in [1.165, 1.54) is 18.5 Å². The first-order valence-corrected chi connectivity index (χ1v) is 10.7. The molecule has 0 bridgehead atoms. The summed E-state index contributed by atoms with van der Waals surface area (Å²) in [6.07, 6.45) is 6.38. The first-order valence-electron chi connectivity index (χ1n) is 10.7.